The maximum absolute atomic E-state index is 12.9. The van der Waals surface area contributed by atoms with Crippen molar-refractivity contribution < 1.29 is 22.8 Å². The molecule has 1 aliphatic heterocycles. The fraction of sp³-hybridized carbons (Fsp3) is 0.182. The number of rotatable bonds is 3. The van der Waals surface area contributed by atoms with Crippen LogP contribution in [-0.4, -0.2) is 39.2 Å². The highest BCUT2D eigenvalue weighted by atomic mass is 19.4. The number of carbonyl (C=O) groups excluding carboxylic acids is 2. The van der Waals surface area contributed by atoms with Gasteiger partial charge >= 0.3 is 6.18 Å². The molecular weight excluding hydrogens is 291 g/mol. The minimum absolute atomic E-state index is 0.0229. The van der Waals surface area contributed by atoms with E-state index in [1.807, 2.05) is 0 Å². The molecule has 4 N–H and O–H groups in total. The van der Waals surface area contributed by atoms with E-state index in [2.05, 4.69) is 15.6 Å². The van der Waals surface area contributed by atoms with Crippen LogP contribution in [-0.2, 0) is 4.79 Å². The predicted octanol–water partition coefficient (Wildman–Crippen LogP) is 0.226. The van der Waals surface area contributed by atoms with E-state index >= 15 is 0 Å². The number of nitrogens with one attached hydrogen (secondary N) is 2. The van der Waals surface area contributed by atoms with Crippen molar-refractivity contribution in [2.45, 2.75) is 12.2 Å². The summed E-state index contributed by atoms with van der Waals surface area (Å²) in [7, 11) is 0. The van der Waals surface area contributed by atoms with Crippen LogP contribution >= 0.6 is 0 Å². The highest BCUT2D eigenvalue weighted by Gasteiger charge is 2.44. The van der Waals surface area contributed by atoms with Crippen molar-refractivity contribution in [2.24, 2.45) is 5.73 Å². The third kappa shape index (κ3) is 3.04. The number of allylic oxidation sites excluding steroid dienone is 2. The second-order valence-corrected chi connectivity index (χ2v) is 4.08. The lowest BCUT2D eigenvalue weighted by atomic mass is 10.0. The average molecular weight is 301 g/mol. The Kier molecular flexibility index (Phi) is 3.70. The lowest BCUT2D eigenvalue weighted by Gasteiger charge is -2.32. The third-order valence-corrected chi connectivity index (χ3v) is 2.67. The summed E-state index contributed by atoms with van der Waals surface area (Å²) in [5.41, 5.74) is 6.02. The Morgan fingerprint density at radius 3 is 2.67 bits per heavy atom. The SMILES string of the molecule is NC(=O)C1C(C(F)(F)F)=CC=CN1NC(=O)c1ccn[nH]1. The van der Waals surface area contributed by atoms with E-state index in [-0.39, 0.29) is 5.69 Å². The zero-order valence-corrected chi connectivity index (χ0v) is 10.4. The highest BCUT2D eigenvalue weighted by Crippen LogP contribution is 2.32. The second kappa shape index (κ2) is 5.31. The molecule has 1 atom stereocenters. The van der Waals surface area contributed by atoms with Gasteiger partial charge in [-0.3, -0.25) is 25.1 Å². The first-order valence-electron chi connectivity index (χ1n) is 5.64. The minimum Gasteiger partial charge on any atom is -0.368 e. The molecular formula is C11H10F3N5O2. The molecule has 7 nitrogen and oxygen atoms in total. The van der Waals surface area contributed by atoms with Gasteiger partial charge in [0.15, 0.2) is 6.04 Å². The molecule has 1 aromatic heterocycles. The van der Waals surface area contributed by atoms with Gasteiger partial charge in [0.05, 0.1) is 5.57 Å². The number of aromatic nitrogens is 2. The number of alkyl halides is 3. The van der Waals surface area contributed by atoms with Gasteiger partial charge in [-0.25, -0.2) is 0 Å². The predicted molar refractivity (Wildman–Crippen MR) is 64.2 cm³/mol. The number of halogens is 3. The van der Waals surface area contributed by atoms with E-state index in [9.17, 15) is 22.8 Å². The smallest absolute Gasteiger partial charge is 0.368 e. The number of hydrogen-bond donors (Lipinski definition) is 3. The fourth-order valence-corrected chi connectivity index (χ4v) is 1.77. The molecule has 0 aliphatic carbocycles. The van der Waals surface area contributed by atoms with E-state index in [1.54, 1.807) is 0 Å². The standard InChI is InChI=1S/C11H10F3N5O2/c12-11(13,14)6-2-1-5-19(8(6)9(15)20)18-10(21)7-3-4-16-17-7/h1-5,8H,(H2,15,20)(H,16,17)(H,18,21). The molecule has 2 heterocycles. The number of hydrazine groups is 1. The largest absolute Gasteiger partial charge is 0.415 e. The van der Waals surface area contributed by atoms with Crippen molar-refractivity contribution in [3.05, 3.63) is 41.9 Å². The van der Waals surface area contributed by atoms with Crippen LogP contribution in [0.3, 0.4) is 0 Å². The summed E-state index contributed by atoms with van der Waals surface area (Å²) in [5, 5.41) is 6.59. The molecule has 0 saturated carbocycles. The molecule has 112 valence electrons. The molecule has 2 amide bonds. The molecule has 10 heteroatoms. The van der Waals surface area contributed by atoms with Crippen LogP contribution < -0.4 is 11.2 Å². The molecule has 1 aliphatic rings. The van der Waals surface area contributed by atoms with Crippen LogP contribution in [0.15, 0.2) is 36.2 Å². The van der Waals surface area contributed by atoms with Gasteiger partial charge < -0.3 is 5.73 Å². The average Bonchev–Trinajstić information content (AvgIpc) is 2.91. The molecule has 0 fully saturated rings. The number of hydrogen-bond acceptors (Lipinski definition) is 4. The summed E-state index contributed by atoms with van der Waals surface area (Å²) >= 11 is 0. The van der Waals surface area contributed by atoms with Crippen molar-refractivity contribution >= 4 is 11.8 Å². The van der Waals surface area contributed by atoms with E-state index in [4.69, 9.17) is 5.73 Å². The Morgan fingerprint density at radius 2 is 2.14 bits per heavy atom. The molecule has 1 aromatic rings. The van der Waals surface area contributed by atoms with E-state index < -0.39 is 29.6 Å². The van der Waals surface area contributed by atoms with Gasteiger partial charge in [-0.1, -0.05) is 0 Å². The van der Waals surface area contributed by atoms with Gasteiger partial charge in [0, 0.05) is 12.4 Å². The first-order valence-corrected chi connectivity index (χ1v) is 5.64. The molecule has 0 spiro atoms. The normalized spacial score (nSPS) is 18.3. The molecule has 0 aromatic carbocycles. The number of aromatic amines is 1. The van der Waals surface area contributed by atoms with Gasteiger partial charge in [-0.15, -0.1) is 0 Å². The molecule has 0 radical (unpaired) electrons. The first-order chi connectivity index (χ1) is 9.80. The maximum Gasteiger partial charge on any atom is 0.415 e. The lowest BCUT2D eigenvalue weighted by Crippen LogP contribution is -2.54. The summed E-state index contributed by atoms with van der Waals surface area (Å²) in [5.74, 6) is -2.00. The second-order valence-electron chi connectivity index (χ2n) is 4.08. The maximum atomic E-state index is 12.9. The Bertz CT molecular complexity index is 606. The highest BCUT2D eigenvalue weighted by molar-refractivity contribution is 5.92. The molecule has 1 unspecified atom stereocenters. The number of nitrogens with zero attached hydrogens (tertiary/aromatic N) is 2. The Hall–Kier alpha value is -2.78. The van der Waals surface area contributed by atoms with Crippen molar-refractivity contribution in [3.8, 4) is 0 Å². The van der Waals surface area contributed by atoms with E-state index in [0.29, 0.717) is 5.01 Å². The zero-order valence-electron chi connectivity index (χ0n) is 10.4. The summed E-state index contributed by atoms with van der Waals surface area (Å²) in [6.07, 6.45) is -0.558. The lowest BCUT2D eigenvalue weighted by molar-refractivity contribution is -0.130. The van der Waals surface area contributed by atoms with Gasteiger partial charge in [0.1, 0.15) is 5.69 Å². The van der Waals surface area contributed by atoms with Crippen LogP contribution in [0.1, 0.15) is 10.5 Å². The molecule has 0 bridgehead atoms. The monoisotopic (exact) mass is 301 g/mol. The van der Waals surface area contributed by atoms with Crippen LogP contribution in [0.4, 0.5) is 13.2 Å². The van der Waals surface area contributed by atoms with Gasteiger partial charge in [-0.05, 0) is 18.2 Å². The Morgan fingerprint density at radius 1 is 1.43 bits per heavy atom. The third-order valence-electron chi connectivity index (χ3n) is 2.67. The van der Waals surface area contributed by atoms with Crippen LogP contribution in [0.5, 0.6) is 0 Å². The topological polar surface area (TPSA) is 104 Å². The summed E-state index contributed by atoms with van der Waals surface area (Å²) < 4.78 is 38.6. The van der Waals surface area contributed by atoms with Gasteiger partial charge in [0.2, 0.25) is 5.91 Å². The van der Waals surface area contributed by atoms with Crippen molar-refractivity contribution in [3.63, 3.8) is 0 Å². The van der Waals surface area contributed by atoms with Crippen LogP contribution in [0.2, 0.25) is 0 Å². The van der Waals surface area contributed by atoms with Crippen LogP contribution in [0, 0.1) is 0 Å². The summed E-state index contributed by atoms with van der Waals surface area (Å²) in [6.45, 7) is 0. The number of nitrogens with two attached hydrogens (primary N) is 1. The van der Waals surface area contributed by atoms with Crippen molar-refractivity contribution in [2.75, 3.05) is 0 Å². The molecule has 21 heavy (non-hydrogen) atoms. The van der Waals surface area contributed by atoms with Gasteiger partial charge in [0.25, 0.3) is 5.91 Å². The summed E-state index contributed by atoms with van der Waals surface area (Å²) in [6, 6.07) is -0.523. The number of H-pyrrole nitrogens is 1. The minimum atomic E-state index is -4.75. The van der Waals surface area contributed by atoms with E-state index in [1.165, 1.54) is 12.3 Å². The van der Waals surface area contributed by atoms with E-state index in [0.717, 1.165) is 18.4 Å². The molecule has 0 saturated heterocycles. The van der Waals surface area contributed by atoms with Crippen molar-refractivity contribution in [1.29, 1.82) is 0 Å². The Labute approximate surface area is 116 Å². The first kappa shape index (κ1) is 14.6. The summed E-state index contributed by atoms with van der Waals surface area (Å²) in [4.78, 5) is 23.1. The Balaban J connectivity index is 2.24. The number of amides is 2. The molecule has 2 rings (SSSR count). The van der Waals surface area contributed by atoms with Gasteiger partial charge in [-0.2, -0.15) is 18.3 Å². The van der Waals surface area contributed by atoms with Crippen LogP contribution in [0.25, 0.3) is 0 Å². The number of primary amides is 1. The quantitative estimate of drug-likeness (QED) is 0.743. The zero-order chi connectivity index (χ0) is 15.6. The van der Waals surface area contributed by atoms with Crippen molar-refractivity contribution in [1.82, 2.24) is 20.6 Å². The fourth-order valence-electron chi connectivity index (χ4n) is 1.77. The number of carbonyl (C=O) groups is 2.